The Balaban J connectivity index is 1.66. The molecule has 1 unspecified atom stereocenters. The number of fused-ring (bicyclic) bond motifs is 2. The molecular weight excluding hydrogens is 388 g/mol. The fraction of sp³-hybridized carbons (Fsp3) is 0.278. The number of nitrogens with one attached hydrogen (secondary N) is 1. The molecule has 0 spiro atoms. The van der Waals surface area contributed by atoms with Gasteiger partial charge < -0.3 is 8.94 Å². The number of nitrogens with zero attached hydrogens (tertiary/aromatic N) is 1. The van der Waals surface area contributed by atoms with Crippen LogP contribution in [-0.2, 0) is 12.8 Å². The van der Waals surface area contributed by atoms with Crippen molar-refractivity contribution in [2.24, 2.45) is 5.92 Å². The number of hydrogen-bond donors (Lipinski definition) is 1. The minimum atomic E-state index is -0.529. The van der Waals surface area contributed by atoms with E-state index in [9.17, 15) is 9.59 Å². The van der Waals surface area contributed by atoms with Crippen molar-refractivity contribution in [1.82, 2.24) is 5.16 Å². The van der Waals surface area contributed by atoms with Gasteiger partial charge in [-0.15, -0.1) is 0 Å². The number of halogens is 1. The number of benzene rings is 1. The summed E-state index contributed by atoms with van der Waals surface area (Å²) in [5.74, 6) is 0.262. The van der Waals surface area contributed by atoms with E-state index in [1.807, 2.05) is 0 Å². The first kappa shape index (κ1) is 16.1. The molecule has 1 N–H and O–H groups in total. The molecule has 1 amide bonds. The number of hydrogen-bond acceptors (Lipinski definition) is 5. The zero-order chi connectivity index (χ0) is 17.6. The number of aryl methyl sites for hydroxylation is 1. The lowest BCUT2D eigenvalue weighted by molar-refractivity contribution is 0.0994. The van der Waals surface area contributed by atoms with E-state index in [1.165, 1.54) is 6.07 Å². The topological polar surface area (TPSA) is 85.3 Å². The van der Waals surface area contributed by atoms with Gasteiger partial charge in [-0.25, -0.2) is 0 Å². The summed E-state index contributed by atoms with van der Waals surface area (Å²) >= 11 is 3.31. The van der Waals surface area contributed by atoms with Crippen LogP contribution in [0.3, 0.4) is 0 Å². The molecule has 2 aromatic heterocycles. The zero-order valence-electron chi connectivity index (χ0n) is 13.5. The number of rotatable bonds is 2. The van der Waals surface area contributed by atoms with Crippen molar-refractivity contribution >= 4 is 38.7 Å². The summed E-state index contributed by atoms with van der Waals surface area (Å²) in [7, 11) is 0. The van der Waals surface area contributed by atoms with Gasteiger partial charge in [-0.05, 0) is 43.4 Å². The number of amides is 1. The molecule has 7 heteroatoms. The fourth-order valence-corrected chi connectivity index (χ4v) is 3.45. The molecule has 0 fully saturated rings. The second kappa shape index (κ2) is 6.15. The maximum Gasteiger partial charge on any atom is 0.293 e. The summed E-state index contributed by atoms with van der Waals surface area (Å²) in [6.45, 7) is 2.15. The summed E-state index contributed by atoms with van der Waals surface area (Å²) in [6.07, 6.45) is 2.71. The second-order valence-corrected chi connectivity index (χ2v) is 7.27. The van der Waals surface area contributed by atoms with Crippen molar-refractivity contribution < 1.29 is 13.7 Å². The van der Waals surface area contributed by atoms with Gasteiger partial charge in [0.25, 0.3) is 5.91 Å². The van der Waals surface area contributed by atoms with Crippen LogP contribution in [0.2, 0.25) is 0 Å². The number of anilines is 1. The number of aromatic nitrogens is 1. The predicted octanol–water partition coefficient (Wildman–Crippen LogP) is 3.92. The molecule has 1 atom stereocenters. The molecule has 6 nitrogen and oxygen atoms in total. The van der Waals surface area contributed by atoms with Crippen LogP contribution in [0.1, 0.15) is 35.2 Å². The van der Waals surface area contributed by atoms with Gasteiger partial charge in [-0.3, -0.25) is 14.9 Å². The quantitative estimate of drug-likeness (QED) is 0.701. The molecule has 1 aliphatic carbocycles. The van der Waals surface area contributed by atoms with E-state index < -0.39 is 5.91 Å². The van der Waals surface area contributed by atoms with E-state index in [4.69, 9.17) is 8.94 Å². The van der Waals surface area contributed by atoms with Gasteiger partial charge >= 0.3 is 0 Å². The lowest BCUT2D eigenvalue weighted by atomic mass is 9.89. The van der Waals surface area contributed by atoms with Crippen LogP contribution < -0.4 is 10.7 Å². The van der Waals surface area contributed by atoms with E-state index in [2.05, 4.69) is 33.3 Å². The molecule has 0 aliphatic heterocycles. The van der Waals surface area contributed by atoms with E-state index in [0.29, 0.717) is 22.8 Å². The third-order valence-corrected chi connectivity index (χ3v) is 4.93. The standard InChI is InChI=1S/C18H15BrN2O4/c1-9-2-4-13-11(6-9)18(25-21-13)20-17(23)16-8-14(22)12-7-10(19)3-5-15(12)24-16/h3,5,7-9H,2,4,6H2,1H3,(H,20,23). The molecule has 0 saturated carbocycles. The smallest absolute Gasteiger partial charge is 0.293 e. The van der Waals surface area contributed by atoms with Gasteiger partial charge in [0.1, 0.15) is 5.58 Å². The van der Waals surface area contributed by atoms with Crippen LogP contribution in [0.25, 0.3) is 11.0 Å². The number of carbonyl (C=O) groups excluding carboxylic acids is 1. The van der Waals surface area contributed by atoms with Crippen molar-refractivity contribution in [1.29, 1.82) is 0 Å². The summed E-state index contributed by atoms with van der Waals surface area (Å²) < 4.78 is 11.6. The molecule has 0 radical (unpaired) electrons. The van der Waals surface area contributed by atoms with E-state index >= 15 is 0 Å². The van der Waals surface area contributed by atoms with Crippen LogP contribution in [0.15, 0.2) is 42.5 Å². The molecule has 1 aromatic carbocycles. The Hall–Kier alpha value is -2.41. The average Bonchev–Trinajstić information content (AvgIpc) is 2.97. The Morgan fingerprint density at radius 2 is 2.20 bits per heavy atom. The van der Waals surface area contributed by atoms with E-state index in [-0.39, 0.29) is 11.2 Å². The summed E-state index contributed by atoms with van der Waals surface area (Å²) in [5.41, 5.74) is 1.90. The van der Waals surface area contributed by atoms with Gasteiger partial charge in [0.2, 0.25) is 5.88 Å². The average molecular weight is 403 g/mol. The Morgan fingerprint density at radius 1 is 1.36 bits per heavy atom. The normalized spacial score (nSPS) is 16.6. The lowest BCUT2D eigenvalue weighted by Crippen LogP contribution is -2.17. The SMILES string of the molecule is CC1CCc2noc(NC(=O)c3cc(=O)c4cc(Br)ccc4o3)c2C1. The molecule has 1 aliphatic rings. The highest BCUT2D eigenvalue weighted by molar-refractivity contribution is 9.10. The van der Waals surface area contributed by atoms with Crippen LogP contribution in [0.5, 0.6) is 0 Å². The highest BCUT2D eigenvalue weighted by atomic mass is 79.9. The molecule has 128 valence electrons. The van der Waals surface area contributed by atoms with Crippen LogP contribution in [-0.4, -0.2) is 11.1 Å². The highest BCUT2D eigenvalue weighted by Gasteiger charge is 2.25. The van der Waals surface area contributed by atoms with Crippen molar-refractivity contribution in [2.75, 3.05) is 5.32 Å². The lowest BCUT2D eigenvalue weighted by Gasteiger charge is -2.16. The third-order valence-electron chi connectivity index (χ3n) is 4.44. The van der Waals surface area contributed by atoms with Crippen molar-refractivity contribution in [3.8, 4) is 0 Å². The maximum atomic E-state index is 12.5. The molecule has 0 saturated heterocycles. The molecule has 2 heterocycles. The van der Waals surface area contributed by atoms with Gasteiger partial charge in [0, 0.05) is 16.1 Å². The highest BCUT2D eigenvalue weighted by Crippen LogP contribution is 2.30. The van der Waals surface area contributed by atoms with E-state index in [0.717, 1.165) is 35.0 Å². The minimum Gasteiger partial charge on any atom is -0.451 e. The van der Waals surface area contributed by atoms with Crippen LogP contribution in [0, 0.1) is 5.92 Å². The van der Waals surface area contributed by atoms with Gasteiger partial charge in [-0.2, -0.15) is 0 Å². The van der Waals surface area contributed by atoms with Crippen LogP contribution in [0.4, 0.5) is 5.88 Å². The summed E-state index contributed by atoms with van der Waals surface area (Å²) in [6, 6.07) is 6.25. The Bertz CT molecular complexity index is 1040. The first-order chi connectivity index (χ1) is 12.0. The molecule has 3 aromatic rings. The Labute approximate surface area is 151 Å². The van der Waals surface area contributed by atoms with E-state index in [1.54, 1.807) is 18.2 Å². The maximum absolute atomic E-state index is 12.5. The largest absolute Gasteiger partial charge is 0.451 e. The Morgan fingerprint density at radius 3 is 3.04 bits per heavy atom. The van der Waals surface area contributed by atoms with Crippen LogP contribution >= 0.6 is 15.9 Å². The third kappa shape index (κ3) is 3.00. The summed E-state index contributed by atoms with van der Waals surface area (Å²) in [4.78, 5) is 24.7. The zero-order valence-corrected chi connectivity index (χ0v) is 15.1. The number of carbonyl (C=O) groups is 1. The molecule has 4 rings (SSSR count). The summed E-state index contributed by atoms with van der Waals surface area (Å²) in [5, 5.41) is 7.12. The predicted molar refractivity (Wildman–Crippen MR) is 95.8 cm³/mol. The molecule has 25 heavy (non-hydrogen) atoms. The minimum absolute atomic E-state index is 0.0613. The molecule has 0 bridgehead atoms. The Kier molecular flexibility index (Phi) is 3.95. The van der Waals surface area contributed by atoms with Gasteiger partial charge in [0.15, 0.2) is 11.2 Å². The van der Waals surface area contributed by atoms with Crippen molar-refractivity contribution in [3.05, 3.63) is 56.0 Å². The van der Waals surface area contributed by atoms with Gasteiger partial charge in [-0.1, -0.05) is 28.0 Å². The monoisotopic (exact) mass is 402 g/mol. The second-order valence-electron chi connectivity index (χ2n) is 6.35. The van der Waals surface area contributed by atoms with Crippen molar-refractivity contribution in [3.63, 3.8) is 0 Å². The molecular formula is C18H15BrN2O4. The fourth-order valence-electron chi connectivity index (χ4n) is 3.09. The first-order valence-corrected chi connectivity index (χ1v) is 8.83. The van der Waals surface area contributed by atoms with Crippen molar-refractivity contribution in [2.45, 2.75) is 26.2 Å². The van der Waals surface area contributed by atoms with Gasteiger partial charge in [0.05, 0.1) is 11.1 Å². The first-order valence-electron chi connectivity index (χ1n) is 8.03.